The third-order valence-electron chi connectivity index (χ3n) is 7.66. The van der Waals surface area contributed by atoms with Crippen LogP contribution in [-0.2, 0) is 29.1 Å². The number of imide groups is 1. The molecule has 0 bridgehead atoms. The fourth-order valence-electron chi connectivity index (χ4n) is 5.93. The highest BCUT2D eigenvalue weighted by atomic mass is 16.5. The van der Waals surface area contributed by atoms with E-state index in [0.29, 0.717) is 24.6 Å². The number of aromatic nitrogens is 1. The summed E-state index contributed by atoms with van der Waals surface area (Å²) >= 11 is 0. The van der Waals surface area contributed by atoms with Gasteiger partial charge >= 0.3 is 0 Å². The largest absolute Gasteiger partial charge is 0.489 e. The number of ether oxygens (including phenoxy) is 1. The molecule has 0 spiro atoms. The smallest absolute Gasteiger partial charge is 0.255 e. The Balaban J connectivity index is 1.15. The minimum absolute atomic E-state index is 0.111. The second-order valence-electron chi connectivity index (χ2n) is 9.70. The highest BCUT2D eigenvalue weighted by molar-refractivity contribution is 6.05. The summed E-state index contributed by atoms with van der Waals surface area (Å²) in [6, 6.07) is 9.58. The Morgan fingerprint density at radius 3 is 2.79 bits per heavy atom. The van der Waals surface area contributed by atoms with E-state index in [2.05, 4.69) is 21.3 Å². The van der Waals surface area contributed by atoms with Crippen molar-refractivity contribution >= 4 is 17.7 Å². The van der Waals surface area contributed by atoms with Gasteiger partial charge in [-0.05, 0) is 61.1 Å². The van der Waals surface area contributed by atoms with Crippen LogP contribution in [0.5, 0.6) is 5.75 Å². The van der Waals surface area contributed by atoms with Gasteiger partial charge in [-0.1, -0.05) is 6.07 Å². The normalized spacial score (nSPS) is 26.9. The zero-order valence-corrected chi connectivity index (χ0v) is 19.0. The van der Waals surface area contributed by atoms with Gasteiger partial charge in [0.25, 0.3) is 5.91 Å². The van der Waals surface area contributed by atoms with Crippen molar-refractivity contribution in [2.24, 2.45) is 0 Å². The Bertz CT molecular complexity index is 1170. The molecule has 6 rings (SSSR count). The molecule has 1 saturated carbocycles. The first-order chi connectivity index (χ1) is 16.6. The molecule has 2 fully saturated rings. The van der Waals surface area contributed by atoms with Crippen molar-refractivity contribution in [3.8, 4) is 5.75 Å². The molecule has 176 valence electrons. The average Bonchev–Trinajstić information content (AvgIpc) is 3.43. The molecule has 8 nitrogen and oxygen atoms in total. The summed E-state index contributed by atoms with van der Waals surface area (Å²) in [6.07, 6.45) is 6.84. The van der Waals surface area contributed by atoms with Crippen LogP contribution in [0.25, 0.3) is 0 Å². The lowest BCUT2D eigenvalue weighted by Crippen LogP contribution is -2.52. The maximum Gasteiger partial charge on any atom is 0.255 e. The van der Waals surface area contributed by atoms with Gasteiger partial charge in [-0.2, -0.15) is 0 Å². The van der Waals surface area contributed by atoms with Gasteiger partial charge in [0.1, 0.15) is 17.9 Å². The zero-order chi connectivity index (χ0) is 23.2. The predicted octanol–water partition coefficient (Wildman–Crippen LogP) is 2.20. The zero-order valence-electron chi connectivity index (χ0n) is 19.0. The molecule has 1 aromatic carbocycles. The second-order valence-corrected chi connectivity index (χ2v) is 9.70. The molecule has 3 aliphatic heterocycles. The fourth-order valence-corrected chi connectivity index (χ4v) is 5.93. The number of rotatable bonds is 4. The molecule has 4 aliphatic rings. The van der Waals surface area contributed by atoms with E-state index in [1.54, 1.807) is 4.90 Å². The summed E-state index contributed by atoms with van der Waals surface area (Å²) < 4.78 is 6.49. The molecule has 34 heavy (non-hydrogen) atoms. The standard InChI is InChI=1S/C26H28N4O4/c31-24-9-8-22(25(32)28-24)30-15-17-13-18(6-7-19(17)26(30)33)34-23-5-1-4-21(23)29-12-10-20-16(14-29)3-2-11-27-20/h2-3,6-7,11,13,21-23H,1,4-5,8-10,12,14-15H2,(H,28,31,32)/t21-,22?,23-/m0/s1. The third-order valence-corrected chi connectivity index (χ3v) is 7.66. The number of benzene rings is 1. The lowest BCUT2D eigenvalue weighted by atomic mass is 10.0. The Kier molecular flexibility index (Phi) is 5.32. The summed E-state index contributed by atoms with van der Waals surface area (Å²) in [5, 5.41) is 2.35. The molecule has 4 heterocycles. The Hall–Kier alpha value is -3.26. The summed E-state index contributed by atoms with van der Waals surface area (Å²) in [5.41, 5.74) is 4.00. The van der Waals surface area contributed by atoms with Crippen molar-refractivity contribution < 1.29 is 19.1 Å². The van der Waals surface area contributed by atoms with Gasteiger partial charge in [0, 0.05) is 56.0 Å². The number of nitrogens with one attached hydrogen (secondary N) is 1. The van der Waals surface area contributed by atoms with Gasteiger partial charge in [0.2, 0.25) is 11.8 Å². The van der Waals surface area contributed by atoms with Gasteiger partial charge in [-0.25, -0.2) is 0 Å². The molecule has 3 atom stereocenters. The SMILES string of the molecule is O=C1CCC(N2Cc3cc(O[C@H]4CCC[C@@H]4N4CCc5ncccc5C4)ccc3C2=O)C(=O)N1. The van der Waals surface area contributed by atoms with Gasteiger partial charge < -0.3 is 9.64 Å². The van der Waals surface area contributed by atoms with Crippen molar-refractivity contribution in [3.05, 3.63) is 58.9 Å². The van der Waals surface area contributed by atoms with E-state index >= 15 is 0 Å². The van der Waals surface area contributed by atoms with Crippen LogP contribution in [0, 0.1) is 0 Å². The van der Waals surface area contributed by atoms with Crippen molar-refractivity contribution in [2.45, 2.75) is 69.8 Å². The molecule has 1 saturated heterocycles. The highest BCUT2D eigenvalue weighted by Crippen LogP contribution is 2.34. The number of carbonyl (C=O) groups is 3. The van der Waals surface area contributed by atoms with Crippen LogP contribution >= 0.6 is 0 Å². The second kappa shape index (κ2) is 8.51. The number of piperidine rings is 1. The van der Waals surface area contributed by atoms with E-state index < -0.39 is 6.04 Å². The molecule has 1 unspecified atom stereocenters. The summed E-state index contributed by atoms with van der Waals surface area (Å²) in [4.78, 5) is 45.4. The van der Waals surface area contributed by atoms with Gasteiger partial charge in [-0.15, -0.1) is 0 Å². The van der Waals surface area contributed by atoms with Crippen LogP contribution in [0.2, 0.25) is 0 Å². The monoisotopic (exact) mass is 460 g/mol. The number of hydrogen-bond acceptors (Lipinski definition) is 6. The quantitative estimate of drug-likeness (QED) is 0.704. The van der Waals surface area contributed by atoms with Crippen LogP contribution in [0.15, 0.2) is 36.5 Å². The van der Waals surface area contributed by atoms with Crippen molar-refractivity contribution in [2.75, 3.05) is 6.54 Å². The van der Waals surface area contributed by atoms with E-state index in [9.17, 15) is 14.4 Å². The minimum Gasteiger partial charge on any atom is -0.489 e. The van der Waals surface area contributed by atoms with Crippen molar-refractivity contribution in [3.63, 3.8) is 0 Å². The highest BCUT2D eigenvalue weighted by Gasteiger charge is 2.40. The van der Waals surface area contributed by atoms with E-state index in [4.69, 9.17) is 4.74 Å². The molecule has 0 radical (unpaired) electrons. The Labute approximate surface area is 198 Å². The third kappa shape index (κ3) is 3.76. The van der Waals surface area contributed by atoms with Gasteiger partial charge in [-0.3, -0.25) is 29.6 Å². The average molecular weight is 461 g/mol. The first-order valence-corrected chi connectivity index (χ1v) is 12.2. The number of amides is 3. The van der Waals surface area contributed by atoms with Crippen LogP contribution in [0.1, 0.15) is 59.3 Å². The van der Waals surface area contributed by atoms with Crippen LogP contribution in [0.4, 0.5) is 0 Å². The number of nitrogens with zero attached hydrogens (tertiary/aromatic N) is 3. The van der Waals surface area contributed by atoms with E-state index in [1.807, 2.05) is 30.5 Å². The molecule has 8 heteroatoms. The molecule has 2 aromatic rings. The number of fused-ring (bicyclic) bond motifs is 2. The number of carbonyl (C=O) groups excluding carboxylic acids is 3. The maximum absolute atomic E-state index is 12.9. The summed E-state index contributed by atoms with van der Waals surface area (Å²) in [6.45, 7) is 2.27. The van der Waals surface area contributed by atoms with Crippen LogP contribution < -0.4 is 10.1 Å². The first-order valence-electron chi connectivity index (χ1n) is 12.2. The predicted molar refractivity (Wildman–Crippen MR) is 123 cm³/mol. The van der Waals surface area contributed by atoms with E-state index in [0.717, 1.165) is 50.1 Å². The van der Waals surface area contributed by atoms with Crippen molar-refractivity contribution in [1.82, 2.24) is 20.1 Å². The van der Waals surface area contributed by atoms with Crippen molar-refractivity contribution in [1.29, 1.82) is 0 Å². The molecule has 1 N–H and O–H groups in total. The van der Waals surface area contributed by atoms with Gasteiger partial charge in [0.05, 0.1) is 0 Å². The summed E-state index contributed by atoms with van der Waals surface area (Å²) in [7, 11) is 0. The van der Waals surface area contributed by atoms with Gasteiger partial charge in [0.15, 0.2) is 0 Å². The topological polar surface area (TPSA) is 91.8 Å². The maximum atomic E-state index is 12.9. The molecule has 1 aromatic heterocycles. The fraction of sp³-hybridized carbons (Fsp3) is 0.462. The van der Waals surface area contributed by atoms with Crippen LogP contribution in [-0.4, -0.2) is 57.2 Å². The summed E-state index contributed by atoms with van der Waals surface area (Å²) in [5.74, 6) is -0.0512. The lowest BCUT2D eigenvalue weighted by Gasteiger charge is -2.36. The van der Waals surface area contributed by atoms with E-state index in [-0.39, 0.29) is 30.2 Å². The number of pyridine rings is 1. The first kappa shape index (κ1) is 21.3. The Morgan fingerprint density at radius 2 is 1.91 bits per heavy atom. The van der Waals surface area contributed by atoms with E-state index in [1.165, 1.54) is 11.3 Å². The molecular formula is C26H28N4O4. The number of hydrogen-bond donors (Lipinski definition) is 1. The van der Waals surface area contributed by atoms with Crippen LogP contribution in [0.3, 0.4) is 0 Å². The molecule has 1 aliphatic carbocycles. The molecular weight excluding hydrogens is 432 g/mol. The Morgan fingerprint density at radius 1 is 1.00 bits per heavy atom. The minimum atomic E-state index is -0.599. The molecule has 3 amide bonds. The lowest BCUT2D eigenvalue weighted by molar-refractivity contribution is -0.136.